The summed E-state index contributed by atoms with van der Waals surface area (Å²) in [5, 5.41) is 9.91. The fourth-order valence-electron chi connectivity index (χ4n) is 1.92. The molecule has 0 atom stereocenters. The molecular weight excluding hydrogens is 399 g/mol. The Balaban J connectivity index is 0.000000345. The molecule has 3 aromatic rings. The first kappa shape index (κ1) is 21.0. The van der Waals surface area contributed by atoms with Crippen LogP contribution in [-0.4, -0.2) is 41.5 Å². The number of benzene rings is 1. The number of anilines is 1. The van der Waals surface area contributed by atoms with Gasteiger partial charge in [-0.05, 0) is 38.1 Å². The predicted octanol–water partition coefficient (Wildman–Crippen LogP) is 3.23. The second kappa shape index (κ2) is 8.61. The van der Waals surface area contributed by atoms with Crippen LogP contribution in [0.1, 0.15) is 21.9 Å². The topological polar surface area (TPSA) is 110 Å². The van der Waals surface area contributed by atoms with Gasteiger partial charge in [0.2, 0.25) is 0 Å². The Labute approximate surface area is 161 Å². The summed E-state index contributed by atoms with van der Waals surface area (Å²) in [6, 6.07) is 7.57. The number of amides is 1. The van der Waals surface area contributed by atoms with Crippen molar-refractivity contribution in [3.63, 3.8) is 0 Å². The number of carbonyl (C=O) groups is 2. The van der Waals surface area contributed by atoms with Crippen LogP contribution in [0.5, 0.6) is 0 Å². The van der Waals surface area contributed by atoms with Gasteiger partial charge in [-0.1, -0.05) is 0 Å². The maximum absolute atomic E-state index is 11.9. The molecule has 8 nitrogen and oxygen atoms in total. The van der Waals surface area contributed by atoms with E-state index in [1.165, 1.54) is 6.20 Å². The van der Waals surface area contributed by atoms with Crippen molar-refractivity contribution in [3.8, 4) is 5.69 Å². The van der Waals surface area contributed by atoms with Crippen LogP contribution < -0.4 is 5.32 Å². The minimum Gasteiger partial charge on any atom is -0.475 e. The van der Waals surface area contributed by atoms with Crippen molar-refractivity contribution >= 4 is 29.3 Å². The highest BCUT2D eigenvalue weighted by Gasteiger charge is 2.38. The van der Waals surface area contributed by atoms with Crippen molar-refractivity contribution in [2.24, 2.45) is 0 Å². The van der Waals surface area contributed by atoms with Crippen LogP contribution in [0, 0.1) is 13.8 Å². The fraction of sp³-hybridized carbons (Fsp3) is 0.188. The van der Waals surface area contributed by atoms with Crippen LogP contribution in [-0.2, 0) is 4.79 Å². The third-order valence-electron chi connectivity index (χ3n) is 3.49. The minimum atomic E-state index is -5.08. The van der Waals surface area contributed by atoms with Crippen LogP contribution in [0.4, 0.5) is 18.9 Å². The quantitative estimate of drug-likeness (QED) is 0.682. The lowest BCUT2D eigenvalue weighted by Crippen LogP contribution is -2.21. The second-order valence-corrected chi connectivity index (χ2v) is 5.94. The number of nitrogens with zero attached hydrogens (tertiary/aromatic N) is 4. The van der Waals surface area contributed by atoms with Gasteiger partial charge in [0.1, 0.15) is 0 Å². The Morgan fingerprint density at radius 3 is 2.21 bits per heavy atom. The molecule has 0 aliphatic rings. The van der Waals surface area contributed by atoms with E-state index < -0.39 is 12.1 Å². The van der Waals surface area contributed by atoms with Crippen molar-refractivity contribution in [1.82, 2.24) is 18.3 Å². The molecule has 1 amide bonds. The molecule has 0 aliphatic heterocycles. The average Bonchev–Trinajstić information content (AvgIpc) is 3.27. The summed E-state index contributed by atoms with van der Waals surface area (Å²) in [4.78, 5) is 25.0. The Hall–Kier alpha value is -3.28. The highest BCUT2D eigenvalue weighted by atomic mass is 32.1. The third kappa shape index (κ3) is 5.36. The number of aromatic nitrogens is 4. The van der Waals surface area contributed by atoms with Gasteiger partial charge in [0.15, 0.2) is 5.69 Å². The predicted molar refractivity (Wildman–Crippen MR) is 94.6 cm³/mol. The van der Waals surface area contributed by atoms with Crippen LogP contribution in [0.25, 0.3) is 5.69 Å². The summed E-state index contributed by atoms with van der Waals surface area (Å²) < 4.78 is 41.4. The van der Waals surface area contributed by atoms with Crippen LogP contribution in [0.3, 0.4) is 0 Å². The number of carbonyl (C=O) groups excluding carboxylic acids is 1. The van der Waals surface area contributed by atoms with Crippen LogP contribution >= 0.6 is 11.7 Å². The lowest BCUT2D eigenvalue weighted by atomic mass is 10.2. The van der Waals surface area contributed by atoms with E-state index in [9.17, 15) is 18.0 Å². The Kier molecular flexibility index (Phi) is 6.46. The zero-order chi connectivity index (χ0) is 20.9. The Bertz CT molecular complexity index is 953. The maximum Gasteiger partial charge on any atom is 0.490 e. The summed E-state index contributed by atoms with van der Waals surface area (Å²) >= 11 is 1.01. The molecule has 2 aromatic heterocycles. The van der Waals surface area contributed by atoms with Gasteiger partial charge in [0, 0.05) is 17.1 Å². The van der Waals surface area contributed by atoms with E-state index in [1.807, 2.05) is 42.7 Å². The van der Waals surface area contributed by atoms with E-state index in [-0.39, 0.29) is 5.91 Å². The van der Waals surface area contributed by atoms with Gasteiger partial charge in [-0.25, -0.2) is 9.78 Å². The normalized spacial score (nSPS) is 10.8. The fourth-order valence-corrected chi connectivity index (χ4v) is 2.34. The minimum absolute atomic E-state index is 0.258. The number of carboxylic acid groups (broad SMARTS) is 1. The molecule has 2 heterocycles. The van der Waals surface area contributed by atoms with Gasteiger partial charge in [-0.3, -0.25) is 4.79 Å². The summed E-state index contributed by atoms with van der Waals surface area (Å²) in [7, 11) is 0. The largest absolute Gasteiger partial charge is 0.490 e. The summed E-state index contributed by atoms with van der Waals surface area (Å²) in [6.07, 6.45) is -1.84. The first-order valence-corrected chi connectivity index (χ1v) is 8.32. The molecule has 0 aliphatic carbocycles. The number of rotatable bonds is 3. The number of carboxylic acids is 1. The van der Waals surface area contributed by atoms with E-state index in [0.29, 0.717) is 11.4 Å². The molecule has 12 heteroatoms. The van der Waals surface area contributed by atoms with Gasteiger partial charge in [-0.2, -0.15) is 21.9 Å². The standard InChI is InChI=1S/C14H13N5OS.C2HF3O2/c1-9-10(2)19(8-15-9)12-5-3-11(4-6-12)17-14(20)13-7-16-21-18-13;3-2(4,5)1(6)7/h3-8H,1-2H3,(H,17,20);(H,6,7). The summed E-state index contributed by atoms with van der Waals surface area (Å²) in [5.41, 5.74) is 4.14. The van der Waals surface area contributed by atoms with Gasteiger partial charge < -0.3 is 15.0 Å². The zero-order valence-corrected chi connectivity index (χ0v) is 15.4. The molecule has 0 radical (unpaired) electrons. The van der Waals surface area contributed by atoms with Gasteiger partial charge in [0.25, 0.3) is 5.91 Å². The van der Waals surface area contributed by atoms with E-state index >= 15 is 0 Å². The number of hydrogen-bond donors (Lipinski definition) is 2. The molecule has 0 bridgehead atoms. The first-order valence-electron chi connectivity index (χ1n) is 7.59. The molecule has 3 rings (SSSR count). The highest BCUT2D eigenvalue weighted by molar-refractivity contribution is 6.99. The Morgan fingerprint density at radius 2 is 1.79 bits per heavy atom. The molecule has 0 fully saturated rings. The molecule has 28 heavy (non-hydrogen) atoms. The number of alkyl halides is 3. The molecule has 0 unspecified atom stereocenters. The number of imidazole rings is 1. The van der Waals surface area contributed by atoms with E-state index in [1.54, 1.807) is 6.33 Å². The van der Waals surface area contributed by atoms with Gasteiger partial charge in [0.05, 0.1) is 29.9 Å². The average molecular weight is 413 g/mol. The number of hydrogen-bond acceptors (Lipinski definition) is 6. The molecule has 1 aromatic carbocycles. The smallest absolute Gasteiger partial charge is 0.475 e. The molecule has 0 saturated heterocycles. The maximum atomic E-state index is 11.9. The zero-order valence-electron chi connectivity index (χ0n) is 14.6. The van der Waals surface area contributed by atoms with Crippen molar-refractivity contribution in [2.75, 3.05) is 5.32 Å². The first-order chi connectivity index (χ1) is 13.1. The van der Waals surface area contributed by atoms with Crippen molar-refractivity contribution in [1.29, 1.82) is 0 Å². The van der Waals surface area contributed by atoms with E-state index in [2.05, 4.69) is 19.0 Å². The molecule has 0 saturated carbocycles. The number of aryl methyl sites for hydroxylation is 1. The number of halogens is 3. The summed E-state index contributed by atoms with van der Waals surface area (Å²) in [5.74, 6) is -3.02. The van der Waals surface area contributed by atoms with Crippen molar-refractivity contribution in [2.45, 2.75) is 20.0 Å². The second-order valence-electron chi connectivity index (χ2n) is 5.38. The molecule has 148 valence electrons. The monoisotopic (exact) mass is 413 g/mol. The molecule has 0 spiro atoms. The van der Waals surface area contributed by atoms with Crippen LogP contribution in [0.15, 0.2) is 36.8 Å². The van der Waals surface area contributed by atoms with E-state index in [4.69, 9.17) is 9.90 Å². The lowest BCUT2D eigenvalue weighted by molar-refractivity contribution is -0.192. The third-order valence-corrected chi connectivity index (χ3v) is 3.97. The summed E-state index contributed by atoms with van der Waals surface area (Å²) in [6.45, 7) is 4.00. The van der Waals surface area contributed by atoms with Gasteiger partial charge in [-0.15, -0.1) is 0 Å². The lowest BCUT2D eigenvalue weighted by Gasteiger charge is -2.07. The van der Waals surface area contributed by atoms with E-state index in [0.717, 1.165) is 28.8 Å². The molecule has 2 N–H and O–H groups in total. The van der Waals surface area contributed by atoms with Crippen molar-refractivity contribution < 1.29 is 27.9 Å². The number of aliphatic carboxylic acids is 1. The highest BCUT2D eigenvalue weighted by Crippen LogP contribution is 2.17. The van der Waals surface area contributed by atoms with Crippen molar-refractivity contribution in [3.05, 3.63) is 53.9 Å². The Morgan fingerprint density at radius 1 is 1.18 bits per heavy atom. The van der Waals surface area contributed by atoms with Crippen LogP contribution in [0.2, 0.25) is 0 Å². The molecular formula is C16H14F3N5O3S. The van der Waals surface area contributed by atoms with Gasteiger partial charge >= 0.3 is 12.1 Å². The number of nitrogens with one attached hydrogen (secondary N) is 1. The SMILES string of the molecule is Cc1ncn(-c2ccc(NC(=O)c3cnsn3)cc2)c1C.O=C(O)C(F)(F)F.